The summed E-state index contributed by atoms with van der Waals surface area (Å²) in [5.74, 6) is -2.30. The molecule has 4 rings (SSSR count). The smallest absolute Gasteiger partial charge is 0.338 e. The van der Waals surface area contributed by atoms with Crippen LogP contribution < -0.4 is 11.0 Å². The third kappa shape index (κ3) is 2.84. The van der Waals surface area contributed by atoms with Crippen LogP contribution >= 0.6 is 0 Å². The second-order valence-electron chi connectivity index (χ2n) is 6.40. The molecule has 2 N–H and O–H groups in total. The predicted molar refractivity (Wildman–Crippen MR) is 99.6 cm³/mol. The van der Waals surface area contributed by atoms with E-state index in [1.165, 1.54) is 21.7 Å². The average molecular weight is 381 g/mol. The molecule has 8 heteroatoms. The fourth-order valence-electron chi connectivity index (χ4n) is 3.50. The molecule has 1 aliphatic rings. The van der Waals surface area contributed by atoms with E-state index in [2.05, 4.69) is 5.43 Å². The highest BCUT2D eigenvalue weighted by atomic mass is 19.1. The van der Waals surface area contributed by atoms with Gasteiger partial charge in [0.25, 0.3) is 5.56 Å². The Labute approximate surface area is 158 Å². The van der Waals surface area contributed by atoms with Crippen LogP contribution in [-0.2, 0) is 11.3 Å². The van der Waals surface area contributed by atoms with Crippen molar-refractivity contribution in [2.24, 2.45) is 0 Å². The van der Waals surface area contributed by atoms with Crippen molar-refractivity contribution in [3.8, 4) is 5.69 Å². The number of benzene rings is 2. The first kappa shape index (κ1) is 17.9. The van der Waals surface area contributed by atoms with Crippen LogP contribution in [0.3, 0.4) is 0 Å². The van der Waals surface area contributed by atoms with Crippen molar-refractivity contribution in [2.75, 3.05) is 6.54 Å². The summed E-state index contributed by atoms with van der Waals surface area (Å²) in [5, 5.41) is 10.9. The lowest BCUT2D eigenvalue weighted by Crippen LogP contribution is -2.37. The molecule has 2 aromatic carbocycles. The van der Waals surface area contributed by atoms with E-state index in [9.17, 15) is 23.9 Å². The number of aromatic nitrogens is 1. The molecular weight excluding hydrogens is 365 g/mol. The number of rotatable bonds is 4. The first-order valence-electron chi connectivity index (χ1n) is 8.67. The number of carbonyl (C=O) groups is 2. The minimum atomic E-state index is -1.30. The summed E-state index contributed by atoms with van der Waals surface area (Å²) in [6, 6.07) is 12.3. The molecule has 0 radical (unpaired) electrons. The van der Waals surface area contributed by atoms with Gasteiger partial charge in [-0.1, -0.05) is 30.3 Å². The van der Waals surface area contributed by atoms with E-state index in [0.29, 0.717) is 12.2 Å². The summed E-state index contributed by atoms with van der Waals surface area (Å²) in [4.78, 5) is 37.4. The number of fused-ring (bicyclic) bond motifs is 1. The standard InChI is InChI=1S/C20H16FN3O4/c21-14-8-4-7-13-17(14)19(26)24(12-5-2-1-3-6-12)15(18(13)20(27)28)11-23-16(25)9-10-22-23/h1-8,22H,9-11H2,(H,27,28). The van der Waals surface area contributed by atoms with Gasteiger partial charge < -0.3 is 5.11 Å². The molecule has 0 atom stereocenters. The minimum Gasteiger partial charge on any atom is -0.478 e. The first-order chi connectivity index (χ1) is 13.5. The second-order valence-corrected chi connectivity index (χ2v) is 6.40. The number of halogens is 1. The molecule has 0 spiro atoms. The van der Waals surface area contributed by atoms with Crippen molar-refractivity contribution >= 4 is 22.6 Å². The van der Waals surface area contributed by atoms with Gasteiger partial charge in [-0.15, -0.1) is 0 Å². The van der Waals surface area contributed by atoms with Crippen LogP contribution in [-0.4, -0.2) is 33.1 Å². The van der Waals surface area contributed by atoms with Crippen LogP contribution in [0.1, 0.15) is 22.5 Å². The van der Waals surface area contributed by atoms with Gasteiger partial charge in [0.2, 0.25) is 5.91 Å². The van der Waals surface area contributed by atoms with E-state index in [-0.39, 0.29) is 40.9 Å². The molecule has 1 fully saturated rings. The Morgan fingerprint density at radius 2 is 1.86 bits per heavy atom. The number of amides is 1. The molecule has 0 bridgehead atoms. The third-order valence-corrected chi connectivity index (χ3v) is 4.74. The molecule has 1 aliphatic heterocycles. The Hall–Kier alpha value is -3.52. The number of pyridine rings is 1. The molecule has 7 nitrogen and oxygen atoms in total. The maximum atomic E-state index is 14.5. The lowest BCUT2D eigenvalue weighted by molar-refractivity contribution is -0.130. The van der Waals surface area contributed by atoms with Crippen molar-refractivity contribution in [3.63, 3.8) is 0 Å². The van der Waals surface area contributed by atoms with Gasteiger partial charge in [-0.3, -0.25) is 19.2 Å². The van der Waals surface area contributed by atoms with E-state index >= 15 is 0 Å². The topological polar surface area (TPSA) is 91.6 Å². The number of carboxylic acid groups (broad SMARTS) is 1. The fourth-order valence-corrected chi connectivity index (χ4v) is 3.50. The Balaban J connectivity index is 2.11. The van der Waals surface area contributed by atoms with Crippen LogP contribution in [0.5, 0.6) is 0 Å². The summed E-state index contributed by atoms with van der Waals surface area (Å²) in [5.41, 5.74) is 2.49. The van der Waals surface area contributed by atoms with E-state index in [1.807, 2.05) is 0 Å². The number of hydrogen-bond donors (Lipinski definition) is 2. The molecule has 3 aromatic rings. The minimum absolute atomic E-state index is 0.00586. The van der Waals surface area contributed by atoms with Crippen LogP contribution in [0, 0.1) is 5.82 Å². The molecular formula is C20H16FN3O4. The van der Waals surface area contributed by atoms with E-state index in [4.69, 9.17) is 0 Å². The van der Waals surface area contributed by atoms with E-state index < -0.39 is 17.3 Å². The van der Waals surface area contributed by atoms with Gasteiger partial charge in [-0.25, -0.2) is 14.6 Å². The second kappa shape index (κ2) is 6.90. The lowest BCUT2D eigenvalue weighted by Gasteiger charge is -2.22. The number of nitrogens with one attached hydrogen (secondary N) is 1. The van der Waals surface area contributed by atoms with Gasteiger partial charge in [0.05, 0.1) is 23.2 Å². The number of hydrazine groups is 1. The number of aromatic carboxylic acids is 1. The number of hydrogen-bond acceptors (Lipinski definition) is 4. The van der Waals surface area contributed by atoms with Crippen molar-refractivity contribution in [2.45, 2.75) is 13.0 Å². The van der Waals surface area contributed by atoms with Crippen molar-refractivity contribution in [1.82, 2.24) is 15.0 Å². The van der Waals surface area contributed by atoms with Crippen molar-refractivity contribution in [3.05, 3.63) is 76.0 Å². The number of nitrogens with zero attached hydrogens (tertiary/aromatic N) is 2. The molecule has 1 amide bonds. The number of carboxylic acids is 1. The summed E-state index contributed by atoms with van der Waals surface area (Å²) in [6.07, 6.45) is 0.278. The Bertz CT molecular complexity index is 1160. The highest BCUT2D eigenvalue weighted by Crippen LogP contribution is 2.25. The quantitative estimate of drug-likeness (QED) is 0.722. The SMILES string of the molecule is O=C(O)c1c(CN2NCCC2=O)n(-c2ccccc2)c(=O)c2c(F)cccc12. The maximum Gasteiger partial charge on any atom is 0.338 e. The lowest BCUT2D eigenvalue weighted by atomic mass is 10.0. The Morgan fingerprint density at radius 1 is 1.11 bits per heavy atom. The molecule has 142 valence electrons. The predicted octanol–water partition coefficient (Wildman–Crippen LogP) is 2.06. The van der Waals surface area contributed by atoms with Crippen LogP contribution in [0.15, 0.2) is 53.3 Å². The van der Waals surface area contributed by atoms with Crippen molar-refractivity contribution < 1.29 is 19.1 Å². The fraction of sp³-hybridized carbons (Fsp3) is 0.150. The average Bonchev–Trinajstić information content (AvgIpc) is 3.07. The van der Waals surface area contributed by atoms with Gasteiger partial charge >= 0.3 is 5.97 Å². The van der Waals surface area contributed by atoms with Crippen molar-refractivity contribution in [1.29, 1.82) is 0 Å². The normalized spacial score (nSPS) is 14.0. The molecule has 0 saturated carbocycles. The van der Waals surface area contributed by atoms with Gasteiger partial charge in [-0.2, -0.15) is 0 Å². The van der Waals surface area contributed by atoms with E-state index in [1.54, 1.807) is 30.3 Å². The zero-order valence-corrected chi connectivity index (χ0v) is 14.7. The molecule has 28 heavy (non-hydrogen) atoms. The van der Waals surface area contributed by atoms with Gasteiger partial charge in [0.15, 0.2) is 0 Å². The zero-order chi connectivity index (χ0) is 19.8. The summed E-state index contributed by atoms with van der Waals surface area (Å²) in [7, 11) is 0. The van der Waals surface area contributed by atoms with E-state index in [0.717, 1.165) is 6.07 Å². The number of carbonyl (C=O) groups excluding carboxylic acids is 1. The largest absolute Gasteiger partial charge is 0.478 e. The van der Waals surface area contributed by atoms with Crippen LogP contribution in [0.2, 0.25) is 0 Å². The molecule has 0 aliphatic carbocycles. The molecule has 1 aromatic heterocycles. The number of para-hydroxylation sites is 1. The zero-order valence-electron chi connectivity index (χ0n) is 14.7. The van der Waals surface area contributed by atoms with Gasteiger partial charge in [-0.05, 0) is 18.2 Å². The summed E-state index contributed by atoms with van der Waals surface area (Å²) < 4.78 is 15.7. The summed E-state index contributed by atoms with van der Waals surface area (Å²) in [6.45, 7) is 0.288. The molecule has 0 unspecified atom stereocenters. The van der Waals surface area contributed by atoms with Crippen LogP contribution in [0.25, 0.3) is 16.5 Å². The highest BCUT2D eigenvalue weighted by Gasteiger charge is 2.28. The molecule has 2 heterocycles. The highest BCUT2D eigenvalue weighted by molar-refractivity contribution is 6.04. The van der Waals surface area contributed by atoms with Crippen LogP contribution in [0.4, 0.5) is 4.39 Å². The van der Waals surface area contributed by atoms with Gasteiger partial charge in [0, 0.05) is 24.0 Å². The monoisotopic (exact) mass is 381 g/mol. The Morgan fingerprint density at radius 3 is 2.50 bits per heavy atom. The maximum absolute atomic E-state index is 14.5. The third-order valence-electron chi connectivity index (χ3n) is 4.74. The first-order valence-corrected chi connectivity index (χ1v) is 8.67. The molecule has 1 saturated heterocycles. The summed E-state index contributed by atoms with van der Waals surface area (Å²) >= 11 is 0. The Kier molecular flexibility index (Phi) is 4.40. The van der Waals surface area contributed by atoms with Gasteiger partial charge in [0.1, 0.15) is 5.82 Å².